The maximum Gasteiger partial charge on any atom is 0.171 e. The quantitative estimate of drug-likeness (QED) is 0.750. The molecule has 0 N–H and O–H groups in total. The molecule has 2 nitrogen and oxygen atoms in total. The van der Waals surface area contributed by atoms with Crippen LogP contribution in [0.4, 0.5) is 0 Å². The van der Waals surface area contributed by atoms with E-state index in [0.717, 1.165) is 24.1 Å². The van der Waals surface area contributed by atoms with Gasteiger partial charge in [-0.2, -0.15) is 0 Å². The second-order valence-corrected chi connectivity index (χ2v) is 4.47. The van der Waals surface area contributed by atoms with Gasteiger partial charge >= 0.3 is 0 Å². The summed E-state index contributed by atoms with van der Waals surface area (Å²) in [6, 6.07) is 13.9. The van der Waals surface area contributed by atoms with Crippen LogP contribution < -0.4 is 4.74 Å². The normalized spacial score (nSPS) is 10.3. The Hall–Kier alpha value is -1.54. The molecule has 2 aromatic rings. The monoisotopic (exact) mass is 261 g/mol. The minimum Gasteiger partial charge on any atom is -0.486 e. The number of nitrogens with zero attached hydrogens (tertiary/aromatic N) is 1. The molecule has 0 radical (unpaired) electrons. The Labute approximate surface area is 113 Å². The van der Waals surface area contributed by atoms with Crippen LogP contribution in [0, 0.1) is 0 Å². The lowest BCUT2D eigenvalue weighted by Gasteiger charge is -2.08. The van der Waals surface area contributed by atoms with Crippen molar-refractivity contribution >= 4 is 11.6 Å². The smallest absolute Gasteiger partial charge is 0.171 e. The molecule has 0 fully saturated rings. The number of ether oxygens (including phenoxy) is 1. The third kappa shape index (κ3) is 3.47. The van der Waals surface area contributed by atoms with Crippen LogP contribution in [0.3, 0.4) is 0 Å². The van der Waals surface area contributed by atoms with Gasteiger partial charge in [0.1, 0.15) is 6.61 Å². The molecular formula is C15H16ClNO. The highest BCUT2D eigenvalue weighted by Gasteiger charge is 2.04. The number of halogens is 1. The van der Waals surface area contributed by atoms with E-state index in [-0.39, 0.29) is 0 Å². The molecule has 1 aromatic carbocycles. The van der Waals surface area contributed by atoms with Crippen molar-refractivity contribution in [1.29, 1.82) is 0 Å². The SMILES string of the molecule is CCCc1ccc(OCc2ccccc2)c(Cl)n1. The zero-order valence-electron chi connectivity index (χ0n) is 10.4. The van der Waals surface area contributed by atoms with Gasteiger partial charge in [0.15, 0.2) is 10.9 Å². The Morgan fingerprint density at radius 3 is 2.56 bits per heavy atom. The Bertz CT molecular complexity index is 499. The van der Waals surface area contributed by atoms with E-state index >= 15 is 0 Å². The molecule has 2 rings (SSSR count). The Morgan fingerprint density at radius 1 is 1.11 bits per heavy atom. The zero-order valence-corrected chi connectivity index (χ0v) is 11.2. The van der Waals surface area contributed by atoms with E-state index in [9.17, 15) is 0 Å². The van der Waals surface area contributed by atoms with Crippen molar-refractivity contribution in [1.82, 2.24) is 4.98 Å². The van der Waals surface area contributed by atoms with Gasteiger partial charge in [-0.05, 0) is 24.1 Å². The molecule has 94 valence electrons. The summed E-state index contributed by atoms with van der Waals surface area (Å²) < 4.78 is 5.66. The number of aryl methyl sites for hydroxylation is 1. The number of hydrogen-bond acceptors (Lipinski definition) is 2. The fraction of sp³-hybridized carbons (Fsp3) is 0.267. The van der Waals surface area contributed by atoms with Gasteiger partial charge in [0.25, 0.3) is 0 Å². The molecule has 18 heavy (non-hydrogen) atoms. The highest BCUT2D eigenvalue weighted by atomic mass is 35.5. The van der Waals surface area contributed by atoms with E-state index in [0.29, 0.717) is 17.5 Å². The molecule has 1 aromatic heterocycles. The van der Waals surface area contributed by atoms with E-state index in [4.69, 9.17) is 16.3 Å². The highest BCUT2D eigenvalue weighted by Crippen LogP contribution is 2.23. The van der Waals surface area contributed by atoms with Crippen LogP contribution in [0.1, 0.15) is 24.6 Å². The highest BCUT2D eigenvalue weighted by molar-refractivity contribution is 6.30. The minimum atomic E-state index is 0.442. The van der Waals surface area contributed by atoms with Crippen molar-refractivity contribution in [2.75, 3.05) is 0 Å². The lowest BCUT2D eigenvalue weighted by Crippen LogP contribution is -1.98. The van der Waals surface area contributed by atoms with Crippen LogP contribution in [0.25, 0.3) is 0 Å². The molecule has 0 saturated carbocycles. The first-order valence-corrected chi connectivity index (χ1v) is 6.49. The van der Waals surface area contributed by atoms with Crippen molar-refractivity contribution in [3.05, 3.63) is 58.9 Å². The van der Waals surface area contributed by atoms with Gasteiger partial charge in [-0.3, -0.25) is 0 Å². The molecule has 0 amide bonds. The van der Waals surface area contributed by atoms with Gasteiger partial charge in [0.05, 0.1) is 0 Å². The standard InChI is InChI=1S/C15H16ClNO/c1-2-6-13-9-10-14(15(16)17-13)18-11-12-7-4-3-5-8-12/h3-5,7-10H,2,6,11H2,1H3. The average molecular weight is 262 g/mol. The Morgan fingerprint density at radius 2 is 1.89 bits per heavy atom. The molecule has 3 heteroatoms. The van der Waals surface area contributed by atoms with E-state index in [2.05, 4.69) is 11.9 Å². The first-order chi connectivity index (χ1) is 8.79. The molecule has 0 unspecified atom stereocenters. The number of hydrogen-bond donors (Lipinski definition) is 0. The van der Waals surface area contributed by atoms with Crippen molar-refractivity contribution in [3.63, 3.8) is 0 Å². The predicted octanol–water partition coefficient (Wildman–Crippen LogP) is 4.27. The topological polar surface area (TPSA) is 22.1 Å². The zero-order chi connectivity index (χ0) is 12.8. The largest absolute Gasteiger partial charge is 0.486 e. The molecule has 0 saturated heterocycles. The van der Waals surface area contributed by atoms with Crippen LogP contribution in [-0.2, 0) is 13.0 Å². The first-order valence-electron chi connectivity index (χ1n) is 6.11. The van der Waals surface area contributed by atoms with Crippen LogP contribution >= 0.6 is 11.6 Å². The molecular weight excluding hydrogens is 246 g/mol. The summed E-state index contributed by atoms with van der Waals surface area (Å²) in [5.74, 6) is 0.639. The van der Waals surface area contributed by atoms with E-state index in [1.54, 1.807) is 0 Å². The van der Waals surface area contributed by atoms with Crippen LogP contribution in [0.5, 0.6) is 5.75 Å². The van der Waals surface area contributed by atoms with Crippen molar-refractivity contribution in [2.24, 2.45) is 0 Å². The molecule has 0 aliphatic heterocycles. The first kappa shape index (κ1) is 12.9. The van der Waals surface area contributed by atoms with E-state index in [1.165, 1.54) is 0 Å². The van der Waals surface area contributed by atoms with Gasteiger partial charge in [-0.25, -0.2) is 4.98 Å². The van der Waals surface area contributed by atoms with Crippen molar-refractivity contribution in [2.45, 2.75) is 26.4 Å². The summed E-state index contributed by atoms with van der Waals surface area (Å²) in [6.45, 7) is 2.63. The summed E-state index contributed by atoms with van der Waals surface area (Å²) in [4.78, 5) is 4.32. The van der Waals surface area contributed by atoms with E-state index < -0.39 is 0 Å². The maximum absolute atomic E-state index is 6.10. The molecule has 0 aliphatic carbocycles. The second-order valence-electron chi connectivity index (χ2n) is 4.12. The third-order valence-corrected chi connectivity index (χ3v) is 2.89. The summed E-state index contributed by atoms with van der Waals surface area (Å²) >= 11 is 6.10. The Balaban J connectivity index is 2.01. The molecule has 0 aliphatic rings. The number of pyridine rings is 1. The fourth-order valence-electron chi connectivity index (χ4n) is 1.70. The summed E-state index contributed by atoms with van der Waals surface area (Å²) in [7, 11) is 0. The molecule has 0 spiro atoms. The van der Waals surface area contributed by atoms with E-state index in [1.807, 2.05) is 42.5 Å². The molecule has 0 atom stereocenters. The lowest BCUT2D eigenvalue weighted by atomic mass is 10.2. The fourth-order valence-corrected chi connectivity index (χ4v) is 1.92. The predicted molar refractivity (Wildman–Crippen MR) is 74.0 cm³/mol. The van der Waals surface area contributed by atoms with Gasteiger partial charge in [0, 0.05) is 5.69 Å². The average Bonchev–Trinajstić information content (AvgIpc) is 2.39. The van der Waals surface area contributed by atoms with Crippen molar-refractivity contribution in [3.8, 4) is 5.75 Å². The Kier molecular flexibility index (Phi) is 4.59. The van der Waals surface area contributed by atoms with Gasteiger partial charge < -0.3 is 4.74 Å². The second kappa shape index (κ2) is 6.41. The molecule has 0 bridgehead atoms. The summed E-state index contributed by atoms with van der Waals surface area (Å²) in [5.41, 5.74) is 2.13. The summed E-state index contributed by atoms with van der Waals surface area (Å²) in [5, 5.41) is 0.442. The lowest BCUT2D eigenvalue weighted by molar-refractivity contribution is 0.305. The van der Waals surface area contributed by atoms with Gasteiger partial charge in [-0.15, -0.1) is 0 Å². The van der Waals surface area contributed by atoms with Gasteiger partial charge in [-0.1, -0.05) is 55.3 Å². The number of rotatable bonds is 5. The number of aromatic nitrogens is 1. The minimum absolute atomic E-state index is 0.442. The van der Waals surface area contributed by atoms with Crippen LogP contribution in [0.2, 0.25) is 5.15 Å². The maximum atomic E-state index is 6.10. The van der Waals surface area contributed by atoms with Gasteiger partial charge in [0.2, 0.25) is 0 Å². The molecule has 1 heterocycles. The van der Waals surface area contributed by atoms with Crippen LogP contribution in [-0.4, -0.2) is 4.98 Å². The third-order valence-electron chi connectivity index (χ3n) is 2.62. The van der Waals surface area contributed by atoms with Crippen LogP contribution in [0.15, 0.2) is 42.5 Å². The van der Waals surface area contributed by atoms with Crippen molar-refractivity contribution < 1.29 is 4.74 Å². The summed E-state index contributed by atoms with van der Waals surface area (Å²) in [6.07, 6.45) is 2.01. The number of benzene rings is 1.